The van der Waals surface area contributed by atoms with Crippen LogP contribution in [0, 0.1) is 40.5 Å². The van der Waals surface area contributed by atoms with Crippen molar-refractivity contribution in [3.63, 3.8) is 0 Å². The highest BCUT2D eigenvalue weighted by molar-refractivity contribution is 5.74. The molecule has 111 heavy (non-hydrogen) atoms. The zero-order chi connectivity index (χ0) is 78.0. The van der Waals surface area contributed by atoms with Gasteiger partial charge < -0.3 is 49.7 Å². The molecule has 0 atom stereocenters. The molecule has 0 fully saturated rings. The second-order valence-corrected chi connectivity index (χ2v) is 23.1. The average molecular weight is 1490 g/mol. The molecular weight excluding hydrogens is 1420 g/mol. The quantitative estimate of drug-likeness (QED) is 0.0322. The molecule has 0 aliphatic heterocycles. The van der Waals surface area contributed by atoms with Gasteiger partial charge >= 0.3 is 22.7 Å². The lowest BCUT2D eigenvalue weighted by molar-refractivity contribution is -0.385. The first-order valence-corrected chi connectivity index (χ1v) is 33.4. The molecule has 0 saturated carbocycles. The molecular formula is C81H66N16O14. The fourth-order valence-corrected chi connectivity index (χ4v) is 10.7. The van der Waals surface area contributed by atoms with E-state index in [1.165, 1.54) is 52.7 Å². The van der Waals surface area contributed by atoms with E-state index in [4.69, 9.17) is 28.4 Å². The first kappa shape index (κ1) is 76.3. The number of hydrogen-bond donors (Lipinski definition) is 4. The number of nitro groups is 4. The SMILES string of the molecule is COc1ccc(-c2ccnc(Nc3cccc(-c4ccccc4)c3)n2)cc1[N+](=O)[O-].COc1ccc(-c2ccnc(Nc3cccc(Oc4ccccc4)c3)n2)cc1[N+](=O)[O-].COc1ccc(-c2ccnc(Nc3ccccc3)n2)cc1[N+](=O)[O-].COc1cccc(Nc2nccc(-c3ccc(OC)c([N+](=O)[O-])c3)n2)c1. The molecule has 30 nitrogen and oxygen atoms in total. The Morgan fingerprint density at radius 1 is 0.261 bits per heavy atom. The zero-order valence-corrected chi connectivity index (χ0v) is 59.7. The van der Waals surface area contributed by atoms with E-state index < -0.39 is 19.7 Å². The van der Waals surface area contributed by atoms with Gasteiger partial charge in [0.15, 0.2) is 23.0 Å². The van der Waals surface area contributed by atoms with Gasteiger partial charge in [-0.1, -0.05) is 91.0 Å². The molecule has 0 radical (unpaired) electrons. The standard InChI is InChI=1S/C23H18N4O4.C23H18N4O3.C18H16N4O4.C17H14N4O3/c1-30-22-11-10-16(14-21(22)27(28)29)20-12-13-24-23(26-20)25-17-6-5-9-19(15-17)31-18-7-3-2-4-8-18;1-30-22-11-10-18(15-21(22)27(28)29)20-12-13-24-23(26-20)25-19-9-5-8-17(14-19)16-6-3-2-4-7-16;1-25-14-5-3-4-13(11-14)20-18-19-9-8-15(21-18)12-6-7-17(26-2)16(10-12)22(23)24;1-24-16-8-7-12(11-15(16)21(22)23)14-9-10-18-17(20-14)19-13-5-3-2-4-6-13/h2-15H,1H3,(H,24,25,26);2-15H,1H3,(H,24,25,26);3-11H,1-2H3,(H,19,20,21);2-11H,1H3,(H,18,19,20). The summed E-state index contributed by atoms with van der Waals surface area (Å²) < 4.78 is 31.2. The van der Waals surface area contributed by atoms with Crippen molar-refractivity contribution < 1.29 is 48.1 Å². The Bertz CT molecular complexity index is 5590. The summed E-state index contributed by atoms with van der Waals surface area (Å²) in [5.74, 6) is 4.44. The number of rotatable bonds is 24. The maximum Gasteiger partial charge on any atom is 0.311 e. The van der Waals surface area contributed by atoms with Gasteiger partial charge in [-0.2, -0.15) is 0 Å². The minimum atomic E-state index is -0.487. The van der Waals surface area contributed by atoms with Crippen molar-refractivity contribution in [3.8, 4) is 96.4 Å². The number of nitro benzene ring substituents is 4. The lowest BCUT2D eigenvalue weighted by Gasteiger charge is -2.10. The first-order chi connectivity index (χ1) is 54.0. The molecule has 4 heterocycles. The molecule has 0 amide bonds. The number of nitrogens with one attached hydrogen (secondary N) is 4. The zero-order valence-electron chi connectivity index (χ0n) is 59.7. The highest BCUT2D eigenvalue weighted by atomic mass is 16.6. The number of anilines is 8. The average Bonchev–Trinajstić information content (AvgIpc) is 0.832. The van der Waals surface area contributed by atoms with E-state index in [0.29, 0.717) is 80.3 Å². The monoisotopic (exact) mass is 1490 g/mol. The number of nitrogens with zero attached hydrogens (tertiary/aromatic N) is 12. The van der Waals surface area contributed by atoms with Gasteiger partial charge in [-0.3, -0.25) is 40.5 Å². The molecule has 554 valence electrons. The summed E-state index contributed by atoms with van der Waals surface area (Å²) in [4.78, 5) is 77.7. The lowest BCUT2D eigenvalue weighted by atomic mass is 10.1. The van der Waals surface area contributed by atoms with Crippen molar-refractivity contribution in [2.45, 2.75) is 0 Å². The van der Waals surface area contributed by atoms with Crippen LogP contribution in [0.1, 0.15) is 0 Å². The molecule has 0 aliphatic rings. The summed E-state index contributed by atoms with van der Waals surface area (Å²) in [5.41, 5.74) is 9.55. The number of hydrogen-bond acceptors (Lipinski definition) is 26. The molecule has 0 bridgehead atoms. The maximum absolute atomic E-state index is 11.3. The minimum absolute atomic E-state index is 0.105. The second kappa shape index (κ2) is 37.2. The van der Waals surface area contributed by atoms with Crippen molar-refractivity contribution in [1.29, 1.82) is 0 Å². The number of methoxy groups -OCH3 is 5. The third-order valence-corrected chi connectivity index (χ3v) is 16.0. The molecule has 10 aromatic carbocycles. The van der Waals surface area contributed by atoms with E-state index in [-0.39, 0.29) is 45.7 Å². The van der Waals surface area contributed by atoms with Gasteiger partial charge in [-0.25, -0.2) is 39.9 Å². The van der Waals surface area contributed by atoms with Crippen LogP contribution in [0.5, 0.6) is 40.2 Å². The van der Waals surface area contributed by atoms with Crippen LogP contribution in [-0.4, -0.2) is 95.1 Å². The molecule has 14 rings (SSSR count). The normalized spacial score (nSPS) is 10.3. The number of aromatic nitrogens is 8. The molecule has 30 heteroatoms. The minimum Gasteiger partial charge on any atom is -0.497 e. The van der Waals surface area contributed by atoms with E-state index in [1.54, 1.807) is 105 Å². The number of para-hydroxylation sites is 2. The molecule has 14 aromatic rings. The maximum atomic E-state index is 11.3. The van der Waals surface area contributed by atoms with Crippen molar-refractivity contribution in [2.75, 3.05) is 56.8 Å². The van der Waals surface area contributed by atoms with Crippen LogP contribution < -0.4 is 49.7 Å². The van der Waals surface area contributed by atoms with Crippen LogP contribution in [0.25, 0.3) is 56.2 Å². The van der Waals surface area contributed by atoms with Gasteiger partial charge in [-0.15, -0.1) is 0 Å². The highest BCUT2D eigenvalue weighted by Crippen LogP contribution is 2.37. The molecule has 4 N–H and O–H groups in total. The van der Waals surface area contributed by atoms with Crippen LogP contribution in [0.15, 0.2) is 286 Å². The highest BCUT2D eigenvalue weighted by Gasteiger charge is 2.22. The summed E-state index contributed by atoms with van der Waals surface area (Å²) >= 11 is 0. The van der Waals surface area contributed by atoms with Crippen molar-refractivity contribution in [1.82, 2.24) is 39.9 Å². The molecule has 0 unspecified atom stereocenters. The summed E-state index contributed by atoms with van der Waals surface area (Å²) in [6.07, 6.45) is 6.39. The van der Waals surface area contributed by atoms with Crippen LogP contribution >= 0.6 is 0 Å². The van der Waals surface area contributed by atoms with Gasteiger partial charge in [-0.05, 0) is 145 Å². The third-order valence-electron chi connectivity index (χ3n) is 16.0. The van der Waals surface area contributed by atoms with E-state index in [0.717, 1.165) is 39.6 Å². The molecule has 0 saturated heterocycles. The first-order valence-electron chi connectivity index (χ1n) is 33.4. The Hall–Kier alpha value is -15.9. The van der Waals surface area contributed by atoms with Crippen molar-refractivity contribution in [2.24, 2.45) is 0 Å². The van der Waals surface area contributed by atoms with Crippen molar-refractivity contribution in [3.05, 3.63) is 326 Å². The second-order valence-electron chi connectivity index (χ2n) is 23.1. The predicted molar refractivity (Wildman–Crippen MR) is 420 cm³/mol. The largest absolute Gasteiger partial charge is 0.497 e. The molecule has 0 aliphatic carbocycles. The Kier molecular flexibility index (Phi) is 25.6. The van der Waals surface area contributed by atoms with E-state index in [9.17, 15) is 40.5 Å². The number of benzene rings is 10. The predicted octanol–water partition coefficient (Wildman–Crippen LogP) is 18.7. The smallest absolute Gasteiger partial charge is 0.311 e. The van der Waals surface area contributed by atoms with Gasteiger partial charge in [0.25, 0.3) is 0 Å². The molecule has 0 spiro atoms. The van der Waals surface area contributed by atoms with Gasteiger partial charge in [0.05, 0.1) is 78.0 Å². The van der Waals surface area contributed by atoms with Crippen LogP contribution in [0.4, 0.5) is 69.3 Å². The topological polar surface area (TPSA) is 379 Å². The van der Waals surface area contributed by atoms with Crippen LogP contribution in [0.2, 0.25) is 0 Å². The summed E-state index contributed by atoms with van der Waals surface area (Å²) in [6, 6.07) is 77.4. The van der Waals surface area contributed by atoms with Crippen LogP contribution in [0.3, 0.4) is 0 Å². The Balaban J connectivity index is 0.000000147. The van der Waals surface area contributed by atoms with E-state index >= 15 is 0 Å². The Morgan fingerprint density at radius 2 is 0.550 bits per heavy atom. The molecule has 4 aromatic heterocycles. The summed E-state index contributed by atoms with van der Waals surface area (Å²) in [5, 5.41) is 57.5. The van der Waals surface area contributed by atoms with E-state index in [1.807, 2.05) is 164 Å². The Morgan fingerprint density at radius 3 is 0.901 bits per heavy atom. The number of ether oxygens (including phenoxy) is 6. The van der Waals surface area contributed by atoms with Crippen molar-refractivity contribution >= 4 is 69.3 Å². The van der Waals surface area contributed by atoms with Gasteiger partial charge in [0, 0.05) is 106 Å². The van der Waals surface area contributed by atoms with Gasteiger partial charge in [0.2, 0.25) is 23.8 Å². The van der Waals surface area contributed by atoms with Crippen LogP contribution in [-0.2, 0) is 0 Å². The lowest BCUT2D eigenvalue weighted by Crippen LogP contribution is -1.99. The van der Waals surface area contributed by atoms with E-state index in [2.05, 4.69) is 61.1 Å². The van der Waals surface area contributed by atoms with Gasteiger partial charge in [0.1, 0.15) is 17.2 Å². The third kappa shape index (κ3) is 20.8. The fourth-order valence-electron chi connectivity index (χ4n) is 10.7. The Labute approximate surface area is 633 Å². The summed E-state index contributed by atoms with van der Waals surface area (Å²) in [6.45, 7) is 0. The fraction of sp³-hybridized carbons (Fsp3) is 0.0617. The summed E-state index contributed by atoms with van der Waals surface area (Å²) in [7, 11) is 7.17.